The van der Waals surface area contributed by atoms with Gasteiger partial charge in [0.1, 0.15) is 0 Å². The number of nitrogens with one attached hydrogen (secondary N) is 2. The first kappa shape index (κ1) is 16.7. The maximum Gasteiger partial charge on any atom is 0.225 e. The molecule has 0 radical (unpaired) electrons. The number of amides is 1. The van der Waals surface area contributed by atoms with Gasteiger partial charge in [0.2, 0.25) is 5.91 Å². The van der Waals surface area contributed by atoms with E-state index in [1.807, 2.05) is 25.1 Å². The second-order valence-corrected chi connectivity index (χ2v) is 6.30. The molecule has 0 saturated carbocycles. The molecule has 22 heavy (non-hydrogen) atoms. The summed E-state index contributed by atoms with van der Waals surface area (Å²) < 4.78 is 0.911. The molecule has 0 aliphatic rings. The third-order valence-corrected chi connectivity index (χ3v) is 4.03. The van der Waals surface area contributed by atoms with E-state index in [4.69, 9.17) is 0 Å². The lowest BCUT2D eigenvalue weighted by Gasteiger charge is -2.09. The van der Waals surface area contributed by atoms with E-state index in [0.29, 0.717) is 13.0 Å². The van der Waals surface area contributed by atoms with Crippen molar-refractivity contribution in [1.29, 1.82) is 0 Å². The number of anilines is 1. The van der Waals surface area contributed by atoms with Crippen molar-refractivity contribution in [3.8, 4) is 0 Å². The van der Waals surface area contributed by atoms with Gasteiger partial charge in [0, 0.05) is 24.0 Å². The molecule has 0 aromatic heterocycles. The van der Waals surface area contributed by atoms with Gasteiger partial charge in [-0.15, -0.1) is 0 Å². The number of hydrogen-bond donors (Lipinski definition) is 2. The van der Waals surface area contributed by atoms with Gasteiger partial charge < -0.3 is 10.6 Å². The summed E-state index contributed by atoms with van der Waals surface area (Å²) >= 11 is 3.46. The second kappa shape index (κ2) is 8.11. The number of hydrogen-bond acceptors (Lipinski definition) is 2. The number of benzene rings is 2. The first-order chi connectivity index (χ1) is 10.5. The van der Waals surface area contributed by atoms with E-state index >= 15 is 0 Å². The summed E-state index contributed by atoms with van der Waals surface area (Å²) in [6, 6.07) is 14.3. The maximum absolute atomic E-state index is 11.9. The van der Waals surface area contributed by atoms with Crippen LogP contribution in [0.5, 0.6) is 0 Å². The highest BCUT2D eigenvalue weighted by atomic mass is 79.9. The van der Waals surface area contributed by atoms with Crippen molar-refractivity contribution < 1.29 is 4.79 Å². The van der Waals surface area contributed by atoms with Crippen LogP contribution in [0.15, 0.2) is 46.9 Å². The van der Waals surface area contributed by atoms with Crippen molar-refractivity contribution in [2.45, 2.75) is 26.8 Å². The van der Waals surface area contributed by atoms with Crippen molar-refractivity contribution >= 4 is 27.5 Å². The highest BCUT2D eigenvalue weighted by Gasteiger charge is 2.05. The fraction of sp³-hybridized carbons (Fsp3) is 0.278. The summed E-state index contributed by atoms with van der Waals surface area (Å²) in [6.07, 6.45) is 0.451. The van der Waals surface area contributed by atoms with Crippen LogP contribution in [0, 0.1) is 13.8 Å². The van der Waals surface area contributed by atoms with E-state index in [1.165, 1.54) is 11.1 Å². The lowest BCUT2D eigenvalue weighted by atomic mass is 10.1. The van der Waals surface area contributed by atoms with E-state index in [1.54, 1.807) is 0 Å². The van der Waals surface area contributed by atoms with Crippen molar-refractivity contribution in [2.24, 2.45) is 0 Å². The van der Waals surface area contributed by atoms with Gasteiger partial charge in [-0.05, 0) is 53.0 Å². The number of halogens is 1. The minimum absolute atomic E-state index is 0.0148. The second-order valence-electron chi connectivity index (χ2n) is 5.44. The lowest BCUT2D eigenvalue weighted by molar-refractivity contribution is -0.116. The van der Waals surface area contributed by atoms with Crippen LogP contribution in [0.1, 0.15) is 23.1 Å². The normalized spacial score (nSPS) is 10.5. The molecule has 0 atom stereocenters. The van der Waals surface area contributed by atoms with Crippen molar-refractivity contribution in [1.82, 2.24) is 5.32 Å². The van der Waals surface area contributed by atoms with Crippen molar-refractivity contribution in [2.75, 3.05) is 11.9 Å². The van der Waals surface area contributed by atoms with Gasteiger partial charge in [0.05, 0.1) is 5.69 Å². The van der Waals surface area contributed by atoms with Crippen LogP contribution >= 0.6 is 15.9 Å². The third kappa shape index (κ3) is 5.28. The predicted molar refractivity (Wildman–Crippen MR) is 95.0 cm³/mol. The zero-order chi connectivity index (χ0) is 15.9. The Hall–Kier alpha value is -1.65. The molecule has 2 aromatic carbocycles. The first-order valence-electron chi connectivity index (χ1n) is 7.37. The molecule has 0 heterocycles. The topological polar surface area (TPSA) is 41.1 Å². The Morgan fingerprint density at radius 1 is 1.05 bits per heavy atom. The number of aryl methyl sites for hydroxylation is 2. The van der Waals surface area contributed by atoms with Gasteiger partial charge in [-0.3, -0.25) is 4.79 Å². The molecule has 3 nitrogen and oxygen atoms in total. The van der Waals surface area contributed by atoms with Crippen LogP contribution in [0.3, 0.4) is 0 Å². The first-order valence-corrected chi connectivity index (χ1v) is 8.16. The summed E-state index contributed by atoms with van der Waals surface area (Å²) in [6.45, 7) is 5.53. The average Bonchev–Trinajstić information content (AvgIpc) is 2.48. The molecule has 116 valence electrons. The molecular formula is C18H21BrN2O. The molecule has 4 heteroatoms. The van der Waals surface area contributed by atoms with E-state index < -0.39 is 0 Å². The lowest BCUT2D eigenvalue weighted by Crippen LogP contribution is -2.21. The highest BCUT2D eigenvalue weighted by molar-refractivity contribution is 9.10. The standard InChI is InChI=1S/C18H21BrN2O/c1-13-3-6-15(7-4-13)12-20-10-9-18(22)21-17-8-5-14(2)11-16(17)19/h3-8,11,20H,9-10,12H2,1-2H3,(H,21,22). The van der Waals surface area contributed by atoms with E-state index in [0.717, 1.165) is 22.3 Å². The number of carbonyl (C=O) groups excluding carboxylic acids is 1. The molecule has 0 unspecified atom stereocenters. The minimum atomic E-state index is 0.0148. The van der Waals surface area contributed by atoms with E-state index in [2.05, 4.69) is 57.8 Å². The zero-order valence-electron chi connectivity index (χ0n) is 12.9. The quantitative estimate of drug-likeness (QED) is 0.758. The van der Waals surface area contributed by atoms with Gasteiger partial charge in [0.15, 0.2) is 0 Å². The van der Waals surface area contributed by atoms with Crippen molar-refractivity contribution in [3.63, 3.8) is 0 Å². The third-order valence-electron chi connectivity index (χ3n) is 3.38. The number of carbonyl (C=O) groups is 1. The smallest absolute Gasteiger partial charge is 0.225 e. The Labute approximate surface area is 140 Å². The fourth-order valence-corrected chi connectivity index (χ4v) is 2.67. The van der Waals surface area contributed by atoms with Crippen LogP contribution in [0.4, 0.5) is 5.69 Å². The zero-order valence-corrected chi connectivity index (χ0v) is 14.5. The molecule has 0 aliphatic carbocycles. The monoisotopic (exact) mass is 360 g/mol. The van der Waals surface area contributed by atoms with Crippen LogP contribution in [0.25, 0.3) is 0 Å². The van der Waals surface area contributed by atoms with Crippen LogP contribution in [0.2, 0.25) is 0 Å². The molecule has 0 fully saturated rings. The highest BCUT2D eigenvalue weighted by Crippen LogP contribution is 2.23. The summed E-state index contributed by atoms with van der Waals surface area (Å²) in [5, 5.41) is 6.21. The largest absolute Gasteiger partial charge is 0.325 e. The molecule has 0 aliphatic heterocycles. The Balaban J connectivity index is 1.72. The SMILES string of the molecule is Cc1ccc(CNCCC(=O)Nc2ccc(C)cc2Br)cc1. The van der Waals surface area contributed by atoms with Gasteiger partial charge in [-0.2, -0.15) is 0 Å². The van der Waals surface area contributed by atoms with Gasteiger partial charge in [0.25, 0.3) is 0 Å². The van der Waals surface area contributed by atoms with Crippen LogP contribution in [-0.2, 0) is 11.3 Å². The Bertz CT molecular complexity index is 638. The molecule has 2 rings (SSSR count). The minimum Gasteiger partial charge on any atom is -0.325 e. The summed E-state index contributed by atoms with van der Waals surface area (Å²) in [5.41, 5.74) is 4.46. The van der Waals surface area contributed by atoms with E-state index in [-0.39, 0.29) is 5.91 Å². The Kier molecular flexibility index (Phi) is 6.16. The average molecular weight is 361 g/mol. The summed E-state index contributed by atoms with van der Waals surface area (Å²) in [4.78, 5) is 11.9. The molecule has 0 saturated heterocycles. The van der Waals surface area contributed by atoms with E-state index in [9.17, 15) is 4.79 Å². The maximum atomic E-state index is 11.9. The van der Waals surface area contributed by atoms with Crippen LogP contribution in [-0.4, -0.2) is 12.5 Å². The van der Waals surface area contributed by atoms with Gasteiger partial charge in [-0.1, -0.05) is 35.9 Å². The fourth-order valence-electron chi connectivity index (χ4n) is 2.07. The summed E-state index contributed by atoms with van der Waals surface area (Å²) in [5.74, 6) is 0.0148. The number of rotatable bonds is 6. The molecule has 1 amide bonds. The van der Waals surface area contributed by atoms with Crippen LogP contribution < -0.4 is 10.6 Å². The Morgan fingerprint density at radius 3 is 2.41 bits per heavy atom. The van der Waals surface area contributed by atoms with Gasteiger partial charge in [-0.25, -0.2) is 0 Å². The Morgan fingerprint density at radius 2 is 1.73 bits per heavy atom. The summed E-state index contributed by atoms with van der Waals surface area (Å²) in [7, 11) is 0. The molecular weight excluding hydrogens is 340 g/mol. The predicted octanol–water partition coefficient (Wildman–Crippen LogP) is 4.18. The molecule has 0 spiro atoms. The molecule has 2 aromatic rings. The molecule has 0 bridgehead atoms. The van der Waals surface area contributed by atoms with Gasteiger partial charge >= 0.3 is 0 Å². The van der Waals surface area contributed by atoms with Crippen molar-refractivity contribution in [3.05, 3.63) is 63.6 Å². The molecule has 2 N–H and O–H groups in total.